The van der Waals surface area contributed by atoms with Crippen molar-refractivity contribution in [2.45, 2.75) is 13.2 Å². The van der Waals surface area contributed by atoms with Gasteiger partial charge in [0.2, 0.25) is 0 Å². The number of phenolic OH excluding ortho intramolecular Hbond substituents is 1. The van der Waals surface area contributed by atoms with E-state index in [1.54, 1.807) is 12.1 Å². The molecular formula is C22H24BrNO5. The van der Waals surface area contributed by atoms with Crippen LogP contribution in [0.15, 0.2) is 40.9 Å². The van der Waals surface area contributed by atoms with Crippen LogP contribution in [0.3, 0.4) is 0 Å². The van der Waals surface area contributed by atoms with Gasteiger partial charge in [-0.05, 0) is 35.4 Å². The average Bonchev–Trinajstić information content (AvgIpc) is 2.75. The van der Waals surface area contributed by atoms with E-state index < -0.39 is 0 Å². The van der Waals surface area contributed by atoms with Crippen LogP contribution >= 0.6 is 15.9 Å². The summed E-state index contributed by atoms with van der Waals surface area (Å²) < 4.78 is 11.7. The molecule has 2 N–H and O–H groups in total. The Morgan fingerprint density at radius 3 is 2.59 bits per heavy atom. The number of rotatable bonds is 7. The molecule has 1 fully saturated rings. The molecule has 0 amide bonds. The lowest BCUT2D eigenvalue weighted by Crippen LogP contribution is -2.36. The minimum atomic E-state index is -0.366. The van der Waals surface area contributed by atoms with Crippen molar-refractivity contribution < 1.29 is 24.5 Å². The molecule has 0 saturated carbocycles. The SMILES string of the molecule is COc1cc(CO)c(CN2CCOCC2)c(O)c1C(=O)/C=C/c1ccc(Br)cc1. The fourth-order valence-electron chi connectivity index (χ4n) is 3.27. The largest absolute Gasteiger partial charge is 0.507 e. The van der Waals surface area contributed by atoms with Gasteiger partial charge in [0.25, 0.3) is 0 Å². The molecule has 0 radical (unpaired) electrons. The predicted molar refractivity (Wildman–Crippen MR) is 114 cm³/mol. The fourth-order valence-corrected chi connectivity index (χ4v) is 3.53. The number of halogens is 1. The Hall–Kier alpha value is -2.19. The monoisotopic (exact) mass is 461 g/mol. The van der Waals surface area contributed by atoms with E-state index in [2.05, 4.69) is 20.8 Å². The van der Waals surface area contributed by atoms with Crippen molar-refractivity contribution in [2.24, 2.45) is 0 Å². The van der Waals surface area contributed by atoms with Gasteiger partial charge in [-0.2, -0.15) is 0 Å². The summed E-state index contributed by atoms with van der Waals surface area (Å²) in [7, 11) is 1.44. The van der Waals surface area contributed by atoms with E-state index >= 15 is 0 Å². The van der Waals surface area contributed by atoms with E-state index in [1.165, 1.54) is 13.2 Å². The number of allylic oxidation sites excluding steroid dienone is 1. The number of carbonyl (C=O) groups excluding carboxylic acids is 1. The first kappa shape index (κ1) is 21.5. The highest BCUT2D eigenvalue weighted by molar-refractivity contribution is 9.10. The Bertz CT molecular complexity index is 889. The van der Waals surface area contributed by atoms with Gasteiger partial charge in [0, 0.05) is 29.7 Å². The number of nitrogens with zero attached hydrogens (tertiary/aromatic N) is 1. The molecule has 1 aliphatic heterocycles. The molecule has 0 spiro atoms. The van der Waals surface area contributed by atoms with E-state index in [-0.39, 0.29) is 29.5 Å². The Balaban J connectivity index is 1.94. The van der Waals surface area contributed by atoms with E-state index in [0.717, 1.165) is 23.1 Å². The summed E-state index contributed by atoms with van der Waals surface area (Å²) in [6.45, 7) is 2.85. The number of hydrogen-bond donors (Lipinski definition) is 2. The second-order valence-electron chi connectivity index (χ2n) is 6.74. The van der Waals surface area contributed by atoms with Gasteiger partial charge in [-0.3, -0.25) is 9.69 Å². The van der Waals surface area contributed by atoms with Gasteiger partial charge in [0.05, 0.1) is 26.9 Å². The summed E-state index contributed by atoms with van der Waals surface area (Å²) in [5, 5.41) is 20.7. The van der Waals surface area contributed by atoms with Gasteiger partial charge in [0.1, 0.15) is 17.1 Å². The maximum Gasteiger partial charge on any atom is 0.193 e. The maximum absolute atomic E-state index is 12.9. The third-order valence-corrected chi connectivity index (χ3v) is 5.41. The number of ketones is 1. The van der Waals surface area contributed by atoms with Gasteiger partial charge in [-0.25, -0.2) is 0 Å². The van der Waals surface area contributed by atoms with Crippen LogP contribution in [0.2, 0.25) is 0 Å². The number of methoxy groups -OCH3 is 1. The number of aliphatic hydroxyl groups excluding tert-OH is 1. The number of morpholine rings is 1. The molecule has 154 valence electrons. The van der Waals surface area contributed by atoms with Gasteiger partial charge < -0.3 is 19.7 Å². The van der Waals surface area contributed by atoms with Gasteiger partial charge in [0.15, 0.2) is 5.78 Å². The molecule has 0 aliphatic carbocycles. The van der Waals surface area contributed by atoms with Crippen molar-refractivity contribution in [2.75, 3.05) is 33.4 Å². The molecule has 0 unspecified atom stereocenters. The van der Waals surface area contributed by atoms with Gasteiger partial charge >= 0.3 is 0 Å². The predicted octanol–water partition coefficient (Wildman–Crippen LogP) is 3.38. The second-order valence-corrected chi connectivity index (χ2v) is 7.65. The van der Waals surface area contributed by atoms with Crippen LogP contribution in [0.1, 0.15) is 27.0 Å². The molecule has 1 saturated heterocycles. The van der Waals surface area contributed by atoms with Crippen LogP contribution in [0, 0.1) is 0 Å². The van der Waals surface area contributed by atoms with Crippen molar-refractivity contribution in [1.82, 2.24) is 4.90 Å². The molecule has 2 aromatic carbocycles. The molecule has 0 bridgehead atoms. The molecule has 1 heterocycles. The van der Waals surface area contributed by atoms with Crippen LogP contribution in [0.5, 0.6) is 11.5 Å². The summed E-state index contributed by atoms with van der Waals surface area (Å²) in [5.41, 5.74) is 2.04. The fraction of sp³-hybridized carbons (Fsp3) is 0.318. The summed E-state index contributed by atoms with van der Waals surface area (Å²) in [6, 6.07) is 9.15. The Labute approximate surface area is 178 Å². The number of ether oxygens (including phenoxy) is 2. The first-order valence-corrected chi connectivity index (χ1v) is 10.1. The van der Waals surface area contributed by atoms with Crippen molar-refractivity contribution in [3.63, 3.8) is 0 Å². The number of hydrogen-bond acceptors (Lipinski definition) is 6. The Morgan fingerprint density at radius 2 is 1.97 bits per heavy atom. The van der Waals surface area contributed by atoms with E-state index in [9.17, 15) is 15.0 Å². The molecule has 0 atom stereocenters. The molecular weight excluding hydrogens is 438 g/mol. The molecule has 2 aromatic rings. The lowest BCUT2D eigenvalue weighted by atomic mass is 9.97. The second kappa shape index (κ2) is 10.0. The molecule has 6 nitrogen and oxygen atoms in total. The van der Waals surface area contributed by atoms with Crippen molar-refractivity contribution in [3.8, 4) is 11.5 Å². The smallest absolute Gasteiger partial charge is 0.193 e. The number of aliphatic hydroxyl groups is 1. The third kappa shape index (κ3) is 5.25. The average molecular weight is 462 g/mol. The number of carbonyl (C=O) groups is 1. The number of aromatic hydroxyl groups is 1. The highest BCUT2D eigenvalue weighted by Gasteiger charge is 2.24. The summed E-state index contributed by atoms with van der Waals surface area (Å²) in [6.07, 6.45) is 3.10. The molecule has 7 heteroatoms. The molecule has 1 aliphatic rings. The van der Waals surface area contributed by atoms with E-state index in [1.807, 2.05) is 24.3 Å². The topological polar surface area (TPSA) is 79.2 Å². The first-order valence-electron chi connectivity index (χ1n) is 9.34. The lowest BCUT2D eigenvalue weighted by Gasteiger charge is -2.28. The van der Waals surface area contributed by atoms with Gasteiger partial charge in [-0.1, -0.05) is 34.1 Å². The third-order valence-electron chi connectivity index (χ3n) is 4.88. The quantitative estimate of drug-likeness (QED) is 0.485. The van der Waals surface area contributed by atoms with E-state index in [4.69, 9.17) is 9.47 Å². The zero-order valence-electron chi connectivity index (χ0n) is 16.2. The molecule has 3 rings (SSSR count). The van der Waals surface area contributed by atoms with Crippen LogP contribution in [-0.4, -0.2) is 54.3 Å². The number of phenols is 1. The minimum Gasteiger partial charge on any atom is -0.507 e. The summed E-state index contributed by atoms with van der Waals surface area (Å²) in [4.78, 5) is 15.0. The van der Waals surface area contributed by atoms with Crippen LogP contribution < -0.4 is 4.74 Å². The zero-order valence-corrected chi connectivity index (χ0v) is 17.8. The Kier molecular flexibility index (Phi) is 7.44. The Morgan fingerprint density at radius 1 is 1.28 bits per heavy atom. The lowest BCUT2D eigenvalue weighted by molar-refractivity contribution is 0.0336. The molecule has 29 heavy (non-hydrogen) atoms. The zero-order chi connectivity index (χ0) is 20.8. The van der Waals surface area contributed by atoms with Crippen molar-refractivity contribution in [3.05, 3.63) is 63.1 Å². The normalized spacial score (nSPS) is 15.0. The van der Waals surface area contributed by atoms with Crippen molar-refractivity contribution in [1.29, 1.82) is 0 Å². The summed E-state index contributed by atoms with van der Waals surface area (Å²) >= 11 is 3.38. The standard InChI is InChI=1S/C22H24BrNO5/c1-28-20-12-16(14-25)18(13-24-8-10-29-11-9-24)22(27)21(20)19(26)7-4-15-2-5-17(23)6-3-15/h2-7,12,25,27H,8-11,13-14H2,1H3/b7-4+. The van der Waals surface area contributed by atoms with Gasteiger partial charge in [-0.15, -0.1) is 0 Å². The summed E-state index contributed by atoms with van der Waals surface area (Å²) in [5.74, 6) is -0.275. The first-order chi connectivity index (χ1) is 14.0. The van der Waals surface area contributed by atoms with Crippen LogP contribution in [0.4, 0.5) is 0 Å². The molecule has 0 aromatic heterocycles. The minimum absolute atomic E-state index is 0.0984. The van der Waals surface area contributed by atoms with E-state index in [0.29, 0.717) is 30.9 Å². The number of benzene rings is 2. The van der Waals surface area contributed by atoms with Crippen LogP contribution in [-0.2, 0) is 17.9 Å². The van der Waals surface area contributed by atoms with Crippen LogP contribution in [0.25, 0.3) is 6.08 Å². The maximum atomic E-state index is 12.9. The highest BCUT2D eigenvalue weighted by atomic mass is 79.9. The highest BCUT2D eigenvalue weighted by Crippen LogP contribution is 2.36. The van der Waals surface area contributed by atoms with Crippen molar-refractivity contribution >= 4 is 27.8 Å².